The van der Waals surface area contributed by atoms with E-state index in [1.165, 1.54) is 0 Å². The maximum atomic E-state index is 9.87. The van der Waals surface area contributed by atoms with Gasteiger partial charge in [-0.1, -0.05) is 0 Å². The van der Waals surface area contributed by atoms with Gasteiger partial charge in [0.1, 0.15) is 5.82 Å². The molecule has 2 heterocycles. The second kappa shape index (κ2) is 3.61. The smallest absolute Gasteiger partial charge is 0.122 e. The SMILES string of the molecule is O[C@H]1CCC[C@@H]1N1CCn2ccnc2C1. The minimum absolute atomic E-state index is 0.119. The maximum Gasteiger partial charge on any atom is 0.122 e. The summed E-state index contributed by atoms with van der Waals surface area (Å²) in [7, 11) is 0. The van der Waals surface area contributed by atoms with Crippen LogP contribution in [0.3, 0.4) is 0 Å². The lowest BCUT2D eigenvalue weighted by atomic mass is 10.1. The van der Waals surface area contributed by atoms with Crippen molar-refractivity contribution in [2.75, 3.05) is 6.54 Å². The van der Waals surface area contributed by atoms with Crippen LogP contribution in [0.5, 0.6) is 0 Å². The third kappa shape index (κ3) is 1.58. The van der Waals surface area contributed by atoms with Crippen LogP contribution in [-0.4, -0.2) is 38.2 Å². The number of hydrogen-bond acceptors (Lipinski definition) is 3. The van der Waals surface area contributed by atoms with Gasteiger partial charge in [0, 0.05) is 31.5 Å². The van der Waals surface area contributed by atoms with Crippen LogP contribution in [0.4, 0.5) is 0 Å². The van der Waals surface area contributed by atoms with Crippen molar-refractivity contribution in [2.45, 2.75) is 44.5 Å². The fourth-order valence-corrected chi connectivity index (χ4v) is 2.82. The van der Waals surface area contributed by atoms with E-state index in [0.717, 1.165) is 44.7 Å². The Morgan fingerprint density at radius 1 is 1.33 bits per heavy atom. The third-order valence-electron chi connectivity index (χ3n) is 3.69. The number of nitrogens with zero attached hydrogens (tertiary/aromatic N) is 3. The lowest BCUT2D eigenvalue weighted by Gasteiger charge is -2.34. The zero-order chi connectivity index (χ0) is 10.3. The number of imidazole rings is 1. The summed E-state index contributed by atoms with van der Waals surface area (Å²) in [4.78, 5) is 6.73. The molecule has 0 amide bonds. The molecule has 15 heavy (non-hydrogen) atoms. The minimum atomic E-state index is -0.119. The number of aliphatic hydroxyl groups excluding tert-OH is 1. The summed E-state index contributed by atoms with van der Waals surface area (Å²) in [6, 6.07) is 0.371. The van der Waals surface area contributed by atoms with Crippen LogP contribution >= 0.6 is 0 Å². The van der Waals surface area contributed by atoms with E-state index in [0.29, 0.717) is 6.04 Å². The van der Waals surface area contributed by atoms with Crippen molar-refractivity contribution in [3.63, 3.8) is 0 Å². The van der Waals surface area contributed by atoms with Crippen molar-refractivity contribution in [1.29, 1.82) is 0 Å². The average Bonchev–Trinajstić information content (AvgIpc) is 2.84. The Balaban J connectivity index is 1.75. The van der Waals surface area contributed by atoms with E-state index in [4.69, 9.17) is 0 Å². The highest BCUT2D eigenvalue weighted by molar-refractivity contribution is 4.98. The lowest BCUT2D eigenvalue weighted by molar-refractivity contribution is 0.0533. The lowest BCUT2D eigenvalue weighted by Crippen LogP contribution is -2.44. The summed E-state index contributed by atoms with van der Waals surface area (Å²) in [5.74, 6) is 1.14. The van der Waals surface area contributed by atoms with Crippen LogP contribution in [0.25, 0.3) is 0 Å². The van der Waals surface area contributed by atoms with E-state index in [-0.39, 0.29) is 6.10 Å². The van der Waals surface area contributed by atoms with Crippen molar-refractivity contribution in [2.24, 2.45) is 0 Å². The summed E-state index contributed by atoms with van der Waals surface area (Å²) < 4.78 is 2.21. The molecule has 1 aromatic rings. The molecule has 1 aliphatic carbocycles. The molecule has 1 saturated carbocycles. The highest BCUT2D eigenvalue weighted by Gasteiger charge is 2.32. The molecule has 0 unspecified atom stereocenters. The molecule has 0 spiro atoms. The molecule has 1 N–H and O–H groups in total. The van der Waals surface area contributed by atoms with Crippen molar-refractivity contribution in [3.05, 3.63) is 18.2 Å². The molecule has 4 heteroatoms. The first-order valence-corrected chi connectivity index (χ1v) is 5.77. The Morgan fingerprint density at radius 3 is 3.07 bits per heavy atom. The number of fused-ring (bicyclic) bond motifs is 1. The molecule has 3 rings (SSSR count). The van der Waals surface area contributed by atoms with Crippen LogP contribution in [0.15, 0.2) is 12.4 Å². The Hall–Kier alpha value is -0.870. The molecule has 2 aliphatic rings. The van der Waals surface area contributed by atoms with Gasteiger partial charge in [-0.05, 0) is 19.3 Å². The zero-order valence-corrected chi connectivity index (χ0v) is 8.84. The monoisotopic (exact) mass is 207 g/mol. The fourth-order valence-electron chi connectivity index (χ4n) is 2.82. The van der Waals surface area contributed by atoms with Gasteiger partial charge in [0.2, 0.25) is 0 Å². The highest BCUT2D eigenvalue weighted by Crippen LogP contribution is 2.26. The molecule has 0 saturated heterocycles. The van der Waals surface area contributed by atoms with Crippen molar-refractivity contribution >= 4 is 0 Å². The van der Waals surface area contributed by atoms with E-state index in [1.54, 1.807) is 0 Å². The summed E-state index contributed by atoms with van der Waals surface area (Å²) in [5, 5.41) is 9.87. The Labute approximate surface area is 89.5 Å². The first-order valence-electron chi connectivity index (χ1n) is 5.77. The van der Waals surface area contributed by atoms with Crippen LogP contribution in [-0.2, 0) is 13.1 Å². The summed E-state index contributed by atoms with van der Waals surface area (Å²) in [6.07, 6.45) is 7.06. The van der Waals surface area contributed by atoms with Gasteiger partial charge in [-0.25, -0.2) is 4.98 Å². The Kier molecular flexibility index (Phi) is 2.25. The van der Waals surface area contributed by atoms with E-state index < -0.39 is 0 Å². The molecule has 2 atom stereocenters. The highest BCUT2D eigenvalue weighted by atomic mass is 16.3. The van der Waals surface area contributed by atoms with Gasteiger partial charge in [-0.2, -0.15) is 0 Å². The van der Waals surface area contributed by atoms with Crippen molar-refractivity contribution < 1.29 is 5.11 Å². The zero-order valence-electron chi connectivity index (χ0n) is 8.84. The predicted octanol–water partition coefficient (Wildman–Crippen LogP) is 0.612. The molecule has 0 bridgehead atoms. The van der Waals surface area contributed by atoms with E-state index in [9.17, 15) is 5.11 Å². The fraction of sp³-hybridized carbons (Fsp3) is 0.727. The number of aliphatic hydroxyl groups is 1. The second-order valence-electron chi connectivity index (χ2n) is 4.57. The molecule has 0 aromatic carbocycles. The molecular weight excluding hydrogens is 190 g/mol. The molecule has 1 aliphatic heterocycles. The van der Waals surface area contributed by atoms with E-state index in [2.05, 4.69) is 14.5 Å². The molecular formula is C11H17N3O. The number of hydrogen-bond donors (Lipinski definition) is 1. The summed E-state index contributed by atoms with van der Waals surface area (Å²) in [6.45, 7) is 2.96. The maximum absolute atomic E-state index is 9.87. The van der Waals surface area contributed by atoms with Gasteiger partial charge in [0.05, 0.1) is 12.6 Å². The first kappa shape index (κ1) is 9.36. The van der Waals surface area contributed by atoms with E-state index in [1.807, 2.05) is 12.4 Å². The van der Waals surface area contributed by atoms with Gasteiger partial charge in [0.25, 0.3) is 0 Å². The Morgan fingerprint density at radius 2 is 2.27 bits per heavy atom. The largest absolute Gasteiger partial charge is 0.391 e. The first-order chi connectivity index (χ1) is 7.34. The van der Waals surface area contributed by atoms with Crippen LogP contribution in [0.1, 0.15) is 25.1 Å². The third-order valence-corrected chi connectivity index (χ3v) is 3.69. The van der Waals surface area contributed by atoms with Gasteiger partial charge >= 0.3 is 0 Å². The quantitative estimate of drug-likeness (QED) is 0.733. The van der Waals surface area contributed by atoms with Crippen LogP contribution in [0.2, 0.25) is 0 Å². The predicted molar refractivity (Wildman–Crippen MR) is 56.3 cm³/mol. The topological polar surface area (TPSA) is 41.3 Å². The van der Waals surface area contributed by atoms with Crippen LogP contribution < -0.4 is 0 Å². The second-order valence-corrected chi connectivity index (χ2v) is 4.57. The molecule has 1 aromatic heterocycles. The summed E-state index contributed by atoms with van der Waals surface area (Å²) in [5.41, 5.74) is 0. The Bertz CT molecular complexity index is 349. The van der Waals surface area contributed by atoms with Crippen molar-refractivity contribution in [3.8, 4) is 0 Å². The molecule has 4 nitrogen and oxygen atoms in total. The van der Waals surface area contributed by atoms with Gasteiger partial charge in [-0.15, -0.1) is 0 Å². The van der Waals surface area contributed by atoms with Gasteiger partial charge in [-0.3, -0.25) is 4.90 Å². The van der Waals surface area contributed by atoms with Crippen LogP contribution in [0, 0.1) is 0 Å². The van der Waals surface area contributed by atoms with Gasteiger partial charge in [0.15, 0.2) is 0 Å². The molecule has 1 fully saturated rings. The minimum Gasteiger partial charge on any atom is -0.391 e. The average molecular weight is 207 g/mol. The van der Waals surface area contributed by atoms with E-state index >= 15 is 0 Å². The van der Waals surface area contributed by atoms with Crippen molar-refractivity contribution in [1.82, 2.24) is 14.5 Å². The van der Waals surface area contributed by atoms with Gasteiger partial charge < -0.3 is 9.67 Å². The number of rotatable bonds is 1. The standard InChI is InChI=1S/C11H17N3O/c15-10-3-1-2-9(10)14-7-6-13-5-4-12-11(13)8-14/h4-5,9-10,15H,1-3,6-8H2/t9-,10-/m0/s1. The molecule has 0 radical (unpaired) electrons. The number of aromatic nitrogens is 2. The summed E-state index contributed by atoms with van der Waals surface area (Å²) >= 11 is 0. The molecule has 82 valence electrons. The normalized spacial score (nSPS) is 31.8.